The lowest BCUT2D eigenvalue weighted by molar-refractivity contribution is 0.277. The molecule has 0 aromatic carbocycles. The van der Waals surface area contributed by atoms with Crippen LogP contribution in [0.5, 0.6) is 0 Å². The normalized spacial score (nSPS) is 11.3. The van der Waals surface area contributed by atoms with E-state index in [4.69, 9.17) is 5.11 Å². The third-order valence-corrected chi connectivity index (χ3v) is 4.15. The van der Waals surface area contributed by atoms with Gasteiger partial charge in [0.2, 0.25) is 0 Å². The standard InChI is InChI=1S/C17H21N5O3/c1-11-8-12(10-18-9-11)4-5-13-19-14-15(20-13)21(2)17(25)22(16(14)24)6-3-7-23/h8-10,23H,3-7H2,1-2H3,(H,19,20). The monoisotopic (exact) mass is 343 g/mol. The Bertz CT molecular complexity index is 1020. The zero-order chi connectivity index (χ0) is 18.0. The number of aryl methyl sites for hydroxylation is 4. The molecule has 2 N–H and O–H groups in total. The number of nitrogens with zero attached hydrogens (tertiary/aromatic N) is 4. The lowest BCUT2D eigenvalue weighted by Gasteiger charge is -2.06. The maximum absolute atomic E-state index is 12.5. The number of aliphatic hydroxyl groups excluding tert-OH is 1. The van der Waals surface area contributed by atoms with Gasteiger partial charge in [0.05, 0.1) is 0 Å². The van der Waals surface area contributed by atoms with Crippen LogP contribution < -0.4 is 11.2 Å². The Morgan fingerprint density at radius 3 is 2.76 bits per heavy atom. The van der Waals surface area contributed by atoms with Gasteiger partial charge in [0.15, 0.2) is 5.65 Å². The number of hydrogen-bond acceptors (Lipinski definition) is 5. The minimum atomic E-state index is -0.424. The first kappa shape index (κ1) is 17.1. The molecule has 0 unspecified atom stereocenters. The molecule has 0 aliphatic heterocycles. The summed E-state index contributed by atoms with van der Waals surface area (Å²) in [5.41, 5.74) is 2.03. The molecule has 0 saturated heterocycles. The molecule has 0 radical (unpaired) electrons. The number of hydrogen-bond donors (Lipinski definition) is 2. The van der Waals surface area contributed by atoms with Gasteiger partial charge in [-0.1, -0.05) is 6.07 Å². The van der Waals surface area contributed by atoms with E-state index < -0.39 is 11.2 Å². The topological polar surface area (TPSA) is 106 Å². The second kappa shape index (κ2) is 7.02. The minimum Gasteiger partial charge on any atom is -0.396 e. The third-order valence-electron chi connectivity index (χ3n) is 4.15. The van der Waals surface area contributed by atoms with Crippen LogP contribution in [0.4, 0.5) is 0 Å². The predicted molar refractivity (Wildman–Crippen MR) is 93.7 cm³/mol. The molecule has 3 aromatic heterocycles. The molecule has 3 aromatic rings. The van der Waals surface area contributed by atoms with Crippen molar-refractivity contribution in [1.82, 2.24) is 24.1 Å². The van der Waals surface area contributed by atoms with Crippen molar-refractivity contribution in [2.75, 3.05) is 6.61 Å². The minimum absolute atomic E-state index is 0.0770. The molecular weight excluding hydrogens is 322 g/mol. The molecule has 25 heavy (non-hydrogen) atoms. The maximum Gasteiger partial charge on any atom is 0.332 e. The summed E-state index contributed by atoms with van der Waals surface area (Å²) in [7, 11) is 1.59. The molecule has 0 aliphatic rings. The number of aromatic amines is 1. The number of imidazole rings is 1. The maximum atomic E-state index is 12.5. The summed E-state index contributed by atoms with van der Waals surface area (Å²) in [6, 6.07) is 2.06. The van der Waals surface area contributed by atoms with Gasteiger partial charge in [0, 0.05) is 39.0 Å². The largest absolute Gasteiger partial charge is 0.396 e. The highest BCUT2D eigenvalue weighted by Crippen LogP contribution is 2.09. The second-order valence-electron chi connectivity index (χ2n) is 6.13. The zero-order valence-corrected chi connectivity index (χ0v) is 14.3. The number of H-pyrrole nitrogens is 1. The predicted octanol–water partition coefficient (Wildman–Crippen LogP) is 0.294. The molecule has 132 valence electrons. The molecule has 8 heteroatoms. The highest BCUT2D eigenvalue weighted by molar-refractivity contribution is 5.69. The first-order chi connectivity index (χ1) is 12.0. The van der Waals surface area contributed by atoms with Gasteiger partial charge in [0.1, 0.15) is 11.3 Å². The van der Waals surface area contributed by atoms with Crippen LogP contribution >= 0.6 is 0 Å². The van der Waals surface area contributed by atoms with Crippen LogP contribution in [-0.4, -0.2) is 35.8 Å². The summed E-state index contributed by atoms with van der Waals surface area (Å²) in [5, 5.41) is 8.94. The second-order valence-corrected chi connectivity index (χ2v) is 6.13. The molecule has 8 nitrogen and oxygen atoms in total. The Balaban J connectivity index is 1.94. The molecule has 3 heterocycles. The first-order valence-corrected chi connectivity index (χ1v) is 8.21. The van der Waals surface area contributed by atoms with Crippen molar-refractivity contribution in [2.45, 2.75) is 32.7 Å². The van der Waals surface area contributed by atoms with Crippen molar-refractivity contribution in [3.8, 4) is 0 Å². The molecule has 0 atom stereocenters. The van der Waals surface area contributed by atoms with E-state index >= 15 is 0 Å². The Labute approximate surface area is 143 Å². The van der Waals surface area contributed by atoms with Gasteiger partial charge < -0.3 is 10.1 Å². The van der Waals surface area contributed by atoms with Crippen molar-refractivity contribution in [3.63, 3.8) is 0 Å². The van der Waals surface area contributed by atoms with Gasteiger partial charge in [-0.05, 0) is 30.9 Å². The number of pyridine rings is 1. The Morgan fingerprint density at radius 1 is 1.24 bits per heavy atom. The van der Waals surface area contributed by atoms with Crippen molar-refractivity contribution in [2.24, 2.45) is 7.05 Å². The van der Waals surface area contributed by atoms with E-state index in [0.29, 0.717) is 29.8 Å². The third kappa shape index (κ3) is 3.39. The average molecular weight is 343 g/mol. The molecule has 0 aliphatic carbocycles. The van der Waals surface area contributed by atoms with E-state index in [9.17, 15) is 9.59 Å². The lowest BCUT2D eigenvalue weighted by Crippen LogP contribution is -2.39. The highest BCUT2D eigenvalue weighted by atomic mass is 16.3. The smallest absolute Gasteiger partial charge is 0.332 e. The molecule has 0 amide bonds. The summed E-state index contributed by atoms with van der Waals surface area (Å²) in [6.45, 7) is 2.09. The lowest BCUT2D eigenvalue weighted by atomic mass is 10.1. The van der Waals surface area contributed by atoms with E-state index in [1.807, 2.05) is 13.1 Å². The summed E-state index contributed by atoms with van der Waals surface area (Å²) in [4.78, 5) is 36.5. The number of aliphatic hydroxyl groups is 1. The van der Waals surface area contributed by atoms with Crippen molar-refractivity contribution < 1.29 is 5.11 Å². The van der Waals surface area contributed by atoms with E-state index in [1.54, 1.807) is 13.2 Å². The van der Waals surface area contributed by atoms with Gasteiger partial charge in [-0.25, -0.2) is 9.78 Å². The Morgan fingerprint density at radius 2 is 2.04 bits per heavy atom. The molecule has 0 spiro atoms. The van der Waals surface area contributed by atoms with Crippen LogP contribution in [0, 0.1) is 6.92 Å². The van der Waals surface area contributed by atoms with E-state index in [-0.39, 0.29) is 13.2 Å². The SMILES string of the molecule is Cc1cncc(CCc2nc3c([nH]2)c(=O)n(CCCO)c(=O)n3C)c1. The van der Waals surface area contributed by atoms with Crippen LogP contribution in [0.25, 0.3) is 11.2 Å². The summed E-state index contributed by atoms with van der Waals surface area (Å²) in [5.74, 6) is 0.656. The Kier molecular flexibility index (Phi) is 4.80. The van der Waals surface area contributed by atoms with Gasteiger partial charge in [-0.2, -0.15) is 0 Å². The fourth-order valence-corrected chi connectivity index (χ4v) is 2.86. The van der Waals surface area contributed by atoms with Gasteiger partial charge in [-0.15, -0.1) is 0 Å². The van der Waals surface area contributed by atoms with Crippen LogP contribution in [0.15, 0.2) is 28.0 Å². The average Bonchev–Trinajstić information content (AvgIpc) is 3.03. The molecule has 0 saturated carbocycles. The molecule has 3 rings (SSSR count). The fraction of sp³-hybridized carbons (Fsp3) is 0.412. The Hall–Kier alpha value is -2.74. The summed E-state index contributed by atoms with van der Waals surface area (Å²) < 4.78 is 2.49. The van der Waals surface area contributed by atoms with Crippen molar-refractivity contribution in [3.05, 3.63) is 56.2 Å². The van der Waals surface area contributed by atoms with Gasteiger partial charge >= 0.3 is 5.69 Å². The first-order valence-electron chi connectivity index (χ1n) is 8.21. The van der Waals surface area contributed by atoms with Crippen LogP contribution in [-0.2, 0) is 26.4 Å². The molecule has 0 bridgehead atoms. The van der Waals surface area contributed by atoms with E-state index in [2.05, 4.69) is 21.0 Å². The summed E-state index contributed by atoms with van der Waals surface area (Å²) >= 11 is 0. The fourth-order valence-electron chi connectivity index (χ4n) is 2.86. The quantitative estimate of drug-likeness (QED) is 0.669. The number of rotatable bonds is 6. The van der Waals surface area contributed by atoms with Crippen molar-refractivity contribution in [1.29, 1.82) is 0 Å². The van der Waals surface area contributed by atoms with E-state index in [1.165, 1.54) is 4.57 Å². The highest BCUT2D eigenvalue weighted by Gasteiger charge is 2.15. The summed E-state index contributed by atoms with van der Waals surface area (Å²) in [6.07, 6.45) is 5.32. The van der Waals surface area contributed by atoms with Crippen LogP contribution in [0.3, 0.4) is 0 Å². The number of aromatic nitrogens is 5. The van der Waals surface area contributed by atoms with Crippen LogP contribution in [0.2, 0.25) is 0 Å². The van der Waals surface area contributed by atoms with Gasteiger partial charge in [-0.3, -0.25) is 18.9 Å². The van der Waals surface area contributed by atoms with Crippen molar-refractivity contribution >= 4 is 11.2 Å². The molecule has 0 fully saturated rings. The zero-order valence-electron chi connectivity index (χ0n) is 14.3. The van der Waals surface area contributed by atoms with E-state index in [0.717, 1.165) is 22.1 Å². The van der Waals surface area contributed by atoms with Gasteiger partial charge in [0.25, 0.3) is 5.56 Å². The molecular formula is C17H21N5O3. The number of fused-ring (bicyclic) bond motifs is 1. The van der Waals surface area contributed by atoms with Crippen LogP contribution in [0.1, 0.15) is 23.4 Å². The number of nitrogens with one attached hydrogen (secondary N) is 1.